The third-order valence-electron chi connectivity index (χ3n) is 3.28. The summed E-state index contributed by atoms with van der Waals surface area (Å²) < 4.78 is 11.2. The molecule has 0 saturated carbocycles. The molecule has 3 unspecified atom stereocenters. The molecular formula is C11H17N2O7P. The third kappa shape index (κ3) is 3.57. The van der Waals surface area contributed by atoms with Crippen LogP contribution < -0.4 is 11.2 Å². The zero-order valence-electron chi connectivity index (χ0n) is 11.2. The first-order valence-corrected chi connectivity index (χ1v) is 7.67. The number of rotatable bonds is 5. The van der Waals surface area contributed by atoms with Crippen LogP contribution in [-0.4, -0.2) is 56.2 Å². The van der Waals surface area contributed by atoms with Crippen LogP contribution in [0.3, 0.4) is 0 Å². The van der Waals surface area contributed by atoms with Crippen LogP contribution in [0.1, 0.15) is 12.6 Å². The SMILES string of the molecule is COP(O)CC[C@H]1O[C@@H](n2ccc(=O)[nH]c2=O)C(O)C1O. The molecule has 21 heavy (non-hydrogen) atoms. The molecule has 1 aliphatic rings. The number of nitrogens with zero attached hydrogens (tertiary/aromatic N) is 1. The Bertz CT molecular complexity index is 588. The molecule has 0 bridgehead atoms. The maximum Gasteiger partial charge on any atom is 0.330 e. The van der Waals surface area contributed by atoms with Crippen molar-refractivity contribution >= 4 is 8.38 Å². The Morgan fingerprint density at radius 2 is 2.14 bits per heavy atom. The largest absolute Gasteiger partial charge is 0.388 e. The standard InChI is InChI=1S/C11H17N2O7P/c1-19-21(18)5-3-6-8(15)9(16)10(20-6)13-4-2-7(14)12-11(13)17/h2,4,6,8-10,15-16,18H,3,5H2,1H3,(H,12,14,17)/t6-,8?,9?,10-,21?/m1/s1. The predicted octanol–water partition coefficient (Wildman–Crippen LogP) is -1.50. The molecule has 0 radical (unpaired) electrons. The van der Waals surface area contributed by atoms with Gasteiger partial charge in [0.2, 0.25) is 0 Å². The number of H-pyrrole nitrogens is 1. The zero-order valence-corrected chi connectivity index (χ0v) is 12.1. The van der Waals surface area contributed by atoms with Gasteiger partial charge in [-0.15, -0.1) is 0 Å². The molecule has 0 aromatic carbocycles. The molecule has 5 atom stereocenters. The van der Waals surface area contributed by atoms with Crippen LogP contribution in [0.4, 0.5) is 0 Å². The molecule has 1 fully saturated rings. The number of aromatic amines is 1. The van der Waals surface area contributed by atoms with Crippen molar-refractivity contribution in [2.24, 2.45) is 0 Å². The molecule has 2 heterocycles. The Labute approximate surface area is 120 Å². The van der Waals surface area contributed by atoms with Crippen molar-refractivity contribution in [1.82, 2.24) is 9.55 Å². The average Bonchev–Trinajstić information content (AvgIpc) is 2.73. The number of hydrogen-bond donors (Lipinski definition) is 4. The Balaban J connectivity index is 2.12. The summed E-state index contributed by atoms with van der Waals surface area (Å²) in [6.45, 7) is 0. The van der Waals surface area contributed by atoms with Gasteiger partial charge in [0, 0.05) is 25.5 Å². The van der Waals surface area contributed by atoms with Crippen LogP contribution >= 0.6 is 8.38 Å². The molecule has 10 heteroatoms. The van der Waals surface area contributed by atoms with Gasteiger partial charge >= 0.3 is 5.69 Å². The van der Waals surface area contributed by atoms with E-state index in [1.807, 2.05) is 4.98 Å². The molecule has 0 aliphatic carbocycles. The Hall–Kier alpha value is -1.09. The fourth-order valence-electron chi connectivity index (χ4n) is 2.15. The van der Waals surface area contributed by atoms with E-state index in [4.69, 9.17) is 9.26 Å². The second-order valence-electron chi connectivity index (χ2n) is 4.61. The Morgan fingerprint density at radius 3 is 2.76 bits per heavy atom. The van der Waals surface area contributed by atoms with Crippen molar-refractivity contribution < 1.29 is 24.4 Å². The maximum atomic E-state index is 11.7. The molecule has 4 N–H and O–H groups in total. The molecular weight excluding hydrogens is 303 g/mol. The van der Waals surface area contributed by atoms with Gasteiger partial charge in [0.15, 0.2) is 14.6 Å². The van der Waals surface area contributed by atoms with Gasteiger partial charge in [-0.1, -0.05) is 0 Å². The summed E-state index contributed by atoms with van der Waals surface area (Å²) in [7, 11) is -0.225. The molecule has 1 aromatic rings. The monoisotopic (exact) mass is 320 g/mol. The molecule has 0 amide bonds. The van der Waals surface area contributed by atoms with E-state index in [0.717, 1.165) is 10.6 Å². The number of aliphatic hydroxyl groups excluding tert-OH is 2. The van der Waals surface area contributed by atoms with Gasteiger partial charge in [-0.2, -0.15) is 0 Å². The van der Waals surface area contributed by atoms with Crippen molar-refractivity contribution in [3.63, 3.8) is 0 Å². The molecule has 118 valence electrons. The second-order valence-corrected chi connectivity index (χ2v) is 6.13. The van der Waals surface area contributed by atoms with Crippen LogP contribution in [0.2, 0.25) is 0 Å². The van der Waals surface area contributed by atoms with E-state index in [1.54, 1.807) is 0 Å². The first-order chi connectivity index (χ1) is 9.93. The predicted molar refractivity (Wildman–Crippen MR) is 72.9 cm³/mol. The van der Waals surface area contributed by atoms with Crippen LogP contribution in [-0.2, 0) is 9.26 Å². The van der Waals surface area contributed by atoms with E-state index in [2.05, 4.69) is 0 Å². The first-order valence-electron chi connectivity index (χ1n) is 6.27. The number of aliphatic hydroxyl groups is 2. The topological polar surface area (TPSA) is 134 Å². The Morgan fingerprint density at radius 1 is 1.43 bits per heavy atom. The van der Waals surface area contributed by atoms with Crippen molar-refractivity contribution in [2.45, 2.75) is 31.0 Å². The van der Waals surface area contributed by atoms with Crippen molar-refractivity contribution in [1.29, 1.82) is 0 Å². The van der Waals surface area contributed by atoms with Gasteiger partial charge in [0.1, 0.15) is 12.2 Å². The highest BCUT2D eigenvalue weighted by atomic mass is 31.2. The van der Waals surface area contributed by atoms with Crippen molar-refractivity contribution in [3.8, 4) is 0 Å². The fraction of sp³-hybridized carbons (Fsp3) is 0.636. The smallest absolute Gasteiger partial charge is 0.330 e. The fourth-order valence-corrected chi connectivity index (χ4v) is 2.81. The van der Waals surface area contributed by atoms with Gasteiger partial charge in [-0.25, -0.2) is 4.79 Å². The van der Waals surface area contributed by atoms with Crippen LogP contribution in [0.5, 0.6) is 0 Å². The lowest BCUT2D eigenvalue weighted by Crippen LogP contribution is -2.37. The molecule has 1 aliphatic heterocycles. The first kappa shape index (κ1) is 16.3. The third-order valence-corrected chi connectivity index (χ3v) is 4.34. The summed E-state index contributed by atoms with van der Waals surface area (Å²) in [5.41, 5.74) is -1.30. The van der Waals surface area contributed by atoms with Crippen molar-refractivity contribution in [2.75, 3.05) is 13.3 Å². The highest BCUT2D eigenvalue weighted by molar-refractivity contribution is 7.46. The van der Waals surface area contributed by atoms with Crippen molar-refractivity contribution in [3.05, 3.63) is 33.1 Å². The minimum Gasteiger partial charge on any atom is -0.388 e. The molecule has 0 spiro atoms. The normalized spacial score (nSPS) is 30.5. The minimum absolute atomic E-state index is 0.267. The molecule has 9 nitrogen and oxygen atoms in total. The van der Waals surface area contributed by atoms with Gasteiger partial charge in [0.05, 0.1) is 6.10 Å². The number of aromatic nitrogens is 2. The lowest BCUT2D eigenvalue weighted by atomic mass is 10.1. The summed E-state index contributed by atoms with van der Waals surface area (Å²) >= 11 is 0. The summed E-state index contributed by atoms with van der Waals surface area (Å²) in [6, 6.07) is 1.12. The summed E-state index contributed by atoms with van der Waals surface area (Å²) in [5.74, 6) is 0. The average molecular weight is 320 g/mol. The summed E-state index contributed by atoms with van der Waals surface area (Å²) in [6.07, 6.45) is -2.62. The van der Waals surface area contributed by atoms with Crippen LogP contribution in [0.15, 0.2) is 21.9 Å². The maximum absolute atomic E-state index is 11.7. The summed E-state index contributed by atoms with van der Waals surface area (Å²) in [5, 5.41) is 19.9. The lowest BCUT2D eigenvalue weighted by molar-refractivity contribution is -0.0404. The van der Waals surface area contributed by atoms with E-state index in [-0.39, 0.29) is 12.6 Å². The molecule has 1 aromatic heterocycles. The number of ether oxygens (including phenoxy) is 1. The minimum atomic E-state index is -1.60. The molecule has 2 rings (SSSR count). The van der Waals surface area contributed by atoms with E-state index < -0.39 is 44.2 Å². The lowest BCUT2D eigenvalue weighted by Gasteiger charge is -2.16. The summed E-state index contributed by atoms with van der Waals surface area (Å²) in [4.78, 5) is 34.1. The van der Waals surface area contributed by atoms with E-state index >= 15 is 0 Å². The second kappa shape index (κ2) is 6.78. The zero-order chi connectivity index (χ0) is 15.6. The van der Waals surface area contributed by atoms with Gasteiger partial charge in [0.25, 0.3) is 5.56 Å². The van der Waals surface area contributed by atoms with E-state index in [0.29, 0.717) is 0 Å². The highest BCUT2D eigenvalue weighted by Crippen LogP contribution is 2.35. The van der Waals surface area contributed by atoms with E-state index in [1.165, 1.54) is 13.3 Å². The quantitative estimate of drug-likeness (QED) is 0.485. The number of nitrogens with one attached hydrogen (secondary N) is 1. The Kier molecular flexibility index (Phi) is 5.26. The highest BCUT2D eigenvalue weighted by Gasteiger charge is 2.43. The number of hydrogen-bond acceptors (Lipinski definition) is 7. The van der Waals surface area contributed by atoms with Gasteiger partial charge in [-0.3, -0.25) is 14.3 Å². The van der Waals surface area contributed by atoms with Gasteiger partial charge < -0.3 is 24.4 Å². The molecule has 1 saturated heterocycles. The van der Waals surface area contributed by atoms with Crippen LogP contribution in [0.25, 0.3) is 0 Å². The van der Waals surface area contributed by atoms with E-state index in [9.17, 15) is 24.7 Å². The van der Waals surface area contributed by atoms with Gasteiger partial charge in [-0.05, 0) is 6.42 Å². The van der Waals surface area contributed by atoms with Crippen LogP contribution in [0, 0.1) is 0 Å².